The number of anilines is 2. The van der Waals surface area contributed by atoms with E-state index >= 15 is 0 Å². The monoisotopic (exact) mass is 409 g/mol. The Morgan fingerprint density at radius 1 is 1.03 bits per heavy atom. The molecule has 2 N–H and O–H groups in total. The molecule has 2 aromatic carbocycles. The molecule has 0 aliphatic heterocycles. The van der Waals surface area contributed by atoms with E-state index in [2.05, 4.69) is 15.6 Å². The standard InChI is InChI=1S/C21H19N3O4S/c1-13(21(27)23-16-9-7-15(8-10-16)22-14(2)25)28-20(26)12-11-19-24-17-5-3-4-6-18(17)29-19/h3-13H,1-2H3,(H,22,25)(H,23,27)/b12-11-/t13-/m0/s1. The fourth-order valence-electron chi connectivity index (χ4n) is 2.45. The van der Waals surface area contributed by atoms with Crippen LogP contribution in [0.5, 0.6) is 0 Å². The van der Waals surface area contributed by atoms with Crippen LogP contribution in [-0.2, 0) is 19.1 Å². The molecule has 0 aliphatic carbocycles. The van der Waals surface area contributed by atoms with E-state index in [0.29, 0.717) is 16.4 Å². The van der Waals surface area contributed by atoms with Crippen LogP contribution in [0.2, 0.25) is 0 Å². The quantitative estimate of drug-likeness (QED) is 0.476. The fraction of sp³-hybridized carbons (Fsp3) is 0.143. The summed E-state index contributed by atoms with van der Waals surface area (Å²) < 4.78 is 6.16. The van der Waals surface area contributed by atoms with E-state index in [-0.39, 0.29) is 5.91 Å². The molecule has 1 atom stereocenters. The van der Waals surface area contributed by atoms with Crippen molar-refractivity contribution in [2.75, 3.05) is 10.6 Å². The van der Waals surface area contributed by atoms with E-state index in [1.54, 1.807) is 30.3 Å². The summed E-state index contributed by atoms with van der Waals surface area (Å²) in [7, 11) is 0. The Bertz CT molecular complexity index is 1040. The minimum Gasteiger partial charge on any atom is -0.449 e. The van der Waals surface area contributed by atoms with Gasteiger partial charge in [0.25, 0.3) is 5.91 Å². The van der Waals surface area contributed by atoms with Gasteiger partial charge in [-0.2, -0.15) is 0 Å². The van der Waals surface area contributed by atoms with E-state index in [0.717, 1.165) is 10.2 Å². The molecule has 3 aromatic rings. The molecule has 29 heavy (non-hydrogen) atoms. The number of thiazole rings is 1. The summed E-state index contributed by atoms with van der Waals surface area (Å²) in [6, 6.07) is 14.3. The molecule has 0 unspecified atom stereocenters. The number of carbonyl (C=O) groups is 3. The number of ether oxygens (including phenoxy) is 1. The zero-order chi connectivity index (χ0) is 20.8. The molecule has 0 radical (unpaired) electrons. The van der Waals surface area contributed by atoms with Gasteiger partial charge in [0.05, 0.1) is 10.2 Å². The number of para-hydroxylation sites is 1. The van der Waals surface area contributed by atoms with Crippen molar-refractivity contribution < 1.29 is 19.1 Å². The molecule has 1 aromatic heterocycles. The van der Waals surface area contributed by atoms with Crippen LogP contribution in [0.3, 0.4) is 0 Å². The van der Waals surface area contributed by atoms with Crippen molar-refractivity contribution in [3.05, 3.63) is 59.6 Å². The summed E-state index contributed by atoms with van der Waals surface area (Å²) in [6.45, 7) is 2.90. The average Bonchev–Trinajstić information content (AvgIpc) is 3.10. The molecule has 1 heterocycles. The molecule has 0 aliphatic rings. The number of nitrogens with zero attached hydrogens (tertiary/aromatic N) is 1. The lowest BCUT2D eigenvalue weighted by atomic mass is 10.2. The van der Waals surface area contributed by atoms with E-state index in [1.807, 2.05) is 24.3 Å². The largest absolute Gasteiger partial charge is 0.449 e. The van der Waals surface area contributed by atoms with Crippen LogP contribution in [0.4, 0.5) is 11.4 Å². The van der Waals surface area contributed by atoms with Crippen molar-refractivity contribution in [1.29, 1.82) is 0 Å². The summed E-state index contributed by atoms with van der Waals surface area (Å²) in [5.74, 6) is -1.27. The number of hydrogen-bond donors (Lipinski definition) is 2. The summed E-state index contributed by atoms with van der Waals surface area (Å²) in [5, 5.41) is 5.97. The Morgan fingerprint density at radius 2 is 1.69 bits per heavy atom. The Balaban J connectivity index is 1.53. The van der Waals surface area contributed by atoms with Crippen LogP contribution in [0.1, 0.15) is 18.9 Å². The van der Waals surface area contributed by atoms with Crippen LogP contribution in [0, 0.1) is 0 Å². The van der Waals surface area contributed by atoms with Gasteiger partial charge in [0.15, 0.2) is 6.10 Å². The van der Waals surface area contributed by atoms with Gasteiger partial charge in [0.1, 0.15) is 5.01 Å². The fourth-order valence-corrected chi connectivity index (χ4v) is 3.32. The number of esters is 1. The SMILES string of the molecule is CC(=O)Nc1ccc(NC(=O)[C@H](C)OC(=O)/C=C\c2nc3ccccc3s2)cc1. The smallest absolute Gasteiger partial charge is 0.331 e. The van der Waals surface area contributed by atoms with Gasteiger partial charge in [-0.15, -0.1) is 11.3 Å². The molecular weight excluding hydrogens is 390 g/mol. The minimum absolute atomic E-state index is 0.179. The summed E-state index contributed by atoms with van der Waals surface area (Å²) >= 11 is 1.46. The number of benzene rings is 2. The maximum absolute atomic E-state index is 12.2. The van der Waals surface area contributed by atoms with Crippen LogP contribution in [-0.4, -0.2) is 28.9 Å². The maximum atomic E-state index is 12.2. The number of fused-ring (bicyclic) bond motifs is 1. The van der Waals surface area contributed by atoms with Gasteiger partial charge in [-0.1, -0.05) is 12.1 Å². The van der Waals surface area contributed by atoms with Gasteiger partial charge in [-0.25, -0.2) is 9.78 Å². The van der Waals surface area contributed by atoms with Gasteiger partial charge in [-0.3, -0.25) is 9.59 Å². The van der Waals surface area contributed by atoms with E-state index in [1.165, 1.54) is 31.3 Å². The second-order valence-corrected chi connectivity index (χ2v) is 7.24. The highest BCUT2D eigenvalue weighted by Crippen LogP contribution is 2.22. The van der Waals surface area contributed by atoms with E-state index in [4.69, 9.17) is 4.74 Å². The van der Waals surface area contributed by atoms with E-state index < -0.39 is 18.0 Å². The van der Waals surface area contributed by atoms with Crippen LogP contribution in [0.25, 0.3) is 16.3 Å². The average molecular weight is 409 g/mol. The summed E-state index contributed by atoms with van der Waals surface area (Å²) in [5.41, 5.74) is 2.01. The lowest BCUT2D eigenvalue weighted by Gasteiger charge is -2.12. The molecule has 0 saturated carbocycles. The second kappa shape index (κ2) is 9.11. The van der Waals surface area contributed by atoms with Crippen molar-refractivity contribution in [2.45, 2.75) is 20.0 Å². The van der Waals surface area contributed by atoms with Crippen molar-refractivity contribution in [3.63, 3.8) is 0 Å². The summed E-state index contributed by atoms with van der Waals surface area (Å²) in [4.78, 5) is 39.6. The Labute approximate surface area is 171 Å². The van der Waals surface area contributed by atoms with Gasteiger partial charge in [0, 0.05) is 24.4 Å². The first-order valence-electron chi connectivity index (χ1n) is 8.83. The molecule has 8 heteroatoms. The van der Waals surface area contributed by atoms with Crippen LogP contribution >= 0.6 is 11.3 Å². The molecule has 0 bridgehead atoms. The number of rotatable bonds is 6. The molecule has 7 nitrogen and oxygen atoms in total. The molecule has 0 spiro atoms. The van der Waals surface area contributed by atoms with Crippen molar-refractivity contribution in [3.8, 4) is 0 Å². The minimum atomic E-state index is -0.975. The normalized spacial score (nSPS) is 11.9. The van der Waals surface area contributed by atoms with Gasteiger partial charge in [0.2, 0.25) is 5.91 Å². The third kappa shape index (κ3) is 5.73. The Morgan fingerprint density at radius 3 is 2.34 bits per heavy atom. The Hall–Kier alpha value is -3.52. The highest BCUT2D eigenvalue weighted by atomic mass is 32.1. The molecule has 148 valence electrons. The topological polar surface area (TPSA) is 97.4 Å². The number of nitrogens with one attached hydrogen (secondary N) is 2. The van der Waals surface area contributed by atoms with Crippen LogP contribution in [0.15, 0.2) is 54.6 Å². The molecule has 0 saturated heterocycles. The van der Waals surface area contributed by atoms with Gasteiger partial charge < -0.3 is 15.4 Å². The zero-order valence-corrected chi connectivity index (χ0v) is 16.7. The third-order valence-electron chi connectivity index (χ3n) is 3.81. The lowest BCUT2D eigenvalue weighted by molar-refractivity contribution is -0.148. The first kappa shape index (κ1) is 20.2. The third-order valence-corrected chi connectivity index (χ3v) is 4.81. The van der Waals surface area contributed by atoms with Crippen LogP contribution < -0.4 is 10.6 Å². The van der Waals surface area contributed by atoms with E-state index in [9.17, 15) is 14.4 Å². The van der Waals surface area contributed by atoms with Crippen molar-refractivity contribution >= 4 is 56.8 Å². The molecule has 2 amide bonds. The number of hydrogen-bond acceptors (Lipinski definition) is 6. The molecule has 3 rings (SSSR count). The maximum Gasteiger partial charge on any atom is 0.331 e. The number of carbonyl (C=O) groups excluding carboxylic acids is 3. The molecular formula is C21H19N3O4S. The highest BCUT2D eigenvalue weighted by molar-refractivity contribution is 7.19. The molecule has 0 fully saturated rings. The Kier molecular flexibility index (Phi) is 6.36. The van der Waals surface area contributed by atoms with Gasteiger partial charge >= 0.3 is 5.97 Å². The summed E-state index contributed by atoms with van der Waals surface area (Å²) in [6.07, 6.45) is 1.85. The van der Waals surface area contributed by atoms with Gasteiger partial charge in [-0.05, 0) is 49.4 Å². The predicted octanol–water partition coefficient (Wildman–Crippen LogP) is 3.84. The van der Waals surface area contributed by atoms with Crippen molar-refractivity contribution in [2.24, 2.45) is 0 Å². The first-order valence-corrected chi connectivity index (χ1v) is 9.65. The van der Waals surface area contributed by atoms with Crippen molar-refractivity contribution in [1.82, 2.24) is 4.98 Å². The highest BCUT2D eigenvalue weighted by Gasteiger charge is 2.16. The first-order chi connectivity index (χ1) is 13.9. The lowest BCUT2D eigenvalue weighted by Crippen LogP contribution is -2.29. The number of aromatic nitrogens is 1. The number of amides is 2. The second-order valence-electron chi connectivity index (χ2n) is 6.18. The predicted molar refractivity (Wildman–Crippen MR) is 114 cm³/mol. The zero-order valence-electron chi connectivity index (χ0n) is 15.8.